The normalized spacial score (nSPS) is 10.3. The van der Waals surface area contributed by atoms with E-state index < -0.39 is 0 Å². The van der Waals surface area contributed by atoms with Crippen LogP contribution in [0.3, 0.4) is 0 Å². The van der Waals surface area contributed by atoms with Gasteiger partial charge in [-0.1, -0.05) is 12.1 Å². The maximum Gasteiger partial charge on any atom is 0.207 e. The van der Waals surface area contributed by atoms with E-state index in [1.165, 1.54) is 0 Å². The SMILES string of the molecule is CCOc1ccc(Cc2c(C)c(OC)c(OC)c(OC)c2OC)cc1. The molecule has 0 N–H and O–H groups in total. The molecule has 0 aliphatic rings. The van der Waals surface area contributed by atoms with Gasteiger partial charge < -0.3 is 23.7 Å². The van der Waals surface area contributed by atoms with Gasteiger partial charge in [0.1, 0.15) is 5.75 Å². The topological polar surface area (TPSA) is 46.2 Å². The fourth-order valence-corrected chi connectivity index (χ4v) is 2.94. The molecule has 0 saturated carbocycles. The first-order valence-electron chi connectivity index (χ1n) is 8.18. The minimum atomic E-state index is 0.536. The fraction of sp³-hybridized carbons (Fsp3) is 0.400. The summed E-state index contributed by atoms with van der Waals surface area (Å²) in [4.78, 5) is 0. The van der Waals surface area contributed by atoms with Crippen molar-refractivity contribution < 1.29 is 23.7 Å². The van der Waals surface area contributed by atoms with Gasteiger partial charge in [-0.3, -0.25) is 0 Å². The van der Waals surface area contributed by atoms with E-state index in [2.05, 4.69) is 0 Å². The third-order valence-electron chi connectivity index (χ3n) is 4.12. The van der Waals surface area contributed by atoms with E-state index in [0.29, 0.717) is 36.0 Å². The fourth-order valence-electron chi connectivity index (χ4n) is 2.94. The second-order valence-electron chi connectivity index (χ2n) is 5.49. The molecule has 2 rings (SSSR count). The third kappa shape index (κ3) is 3.76. The molecule has 0 unspecified atom stereocenters. The Balaban J connectivity index is 2.52. The van der Waals surface area contributed by atoms with Crippen LogP contribution in [-0.2, 0) is 6.42 Å². The van der Waals surface area contributed by atoms with Crippen LogP contribution in [0.2, 0.25) is 0 Å². The Hall–Kier alpha value is -2.56. The number of hydrogen-bond acceptors (Lipinski definition) is 5. The molecule has 2 aromatic rings. The smallest absolute Gasteiger partial charge is 0.207 e. The van der Waals surface area contributed by atoms with Crippen LogP contribution in [0.4, 0.5) is 0 Å². The Morgan fingerprint density at radius 1 is 0.720 bits per heavy atom. The molecule has 0 aromatic heterocycles. The van der Waals surface area contributed by atoms with Gasteiger partial charge in [0, 0.05) is 17.5 Å². The second-order valence-corrected chi connectivity index (χ2v) is 5.49. The lowest BCUT2D eigenvalue weighted by atomic mass is 9.97. The molecule has 0 aliphatic heterocycles. The van der Waals surface area contributed by atoms with Gasteiger partial charge in [-0.05, 0) is 31.5 Å². The quantitative estimate of drug-likeness (QED) is 0.722. The minimum absolute atomic E-state index is 0.536. The van der Waals surface area contributed by atoms with Crippen molar-refractivity contribution in [2.75, 3.05) is 35.0 Å². The Morgan fingerprint density at radius 3 is 1.72 bits per heavy atom. The van der Waals surface area contributed by atoms with E-state index >= 15 is 0 Å². The van der Waals surface area contributed by atoms with Crippen molar-refractivity contribution in [3.05, 3.63) is 41.0 Å². The number of hydrogen-bond donors (Lipinski definition) is 0. The summed E-state index contributed by atoms with van der Waals surface area (Å²) in [5, 5.41) is 0. The highest BCUT2D eigenvalue weighted by molar-refractivity contribution is 5.67. The van der Waals surface area contributed by atoms with Crippen LogP contribution in [0, 0.1) is 6.92 Å². The molecule has 0 aliphatic carbocycles. The van der Waals surface area contributed by atoms with Crippen molar-refractivity contribution in [2.24, 2.45) is 0 Å². The maximum atomic E-state index is 5.64. The van der Waals surface area contributed by atoms with E-state index in [1.807, 2.05) is 38.1 Å². The highest BCUT2D eigenvalue weighted by Crippen LogP contribution is 2.49. The molecule has 0 heterocycles. The molecule has 0 saturated heterocycles. The lowest BCUT2D eigenvalue weighted by Crippen LogP contribution is -2.05. The zero-order valence-corrected chi connectivity index (χ0v) is 15.8. The summed E-state index contributed by atoms with van der Waals surface area (Å²) < 4.78 is 27.7. The first-order valence-corrected chi connectivity index (χ1v) is 8.18. The summed E-state index contributed by atoms with van der Waals surface area (Å²) in [6.07, 6.45) is 0.679. The molecule has 0 spiro atoms. The van der Waals surface area contributed by atoms with Crippen LogP contribution in [-0.4, -0.2) is 35.0 Å². The lowest BCUT2D eigenvalue weighted by molar-refractivity contribution is 0.302. The van der Waals surface area contributed by atoms with Crippen LogP contribution in [0.25, 0.3) is 0 Å². The summed E-state index contributed by atoms with van der Waals surface area (Å²) >= 11 is 0. The molecule has 0 radical (unpaired) electrons. The van der Waals surface area contributed by atoms with Gasteiger partial charge in [0.25, 0.3) is 0 Å². The minimum Gasteiger partial charge on any atom is -0.494 e. The predicted octanol–water partition coefficient (Wildman–Crippen LogP) is 4.02. The predicted molar refractivity (Wildman–Crippen MR) is 97.8 cm³/mol. The zero-order valence-electron chi connectivity index (χ0n) is 15.8. The molecule has 0 amide bonds. The largest absolute Gasteiger partial charge is 0.494 e. The Kier molecular flexibility index (Phi) is 6.39. The van der Waals surface area contributed by atoms with Crippen LogP contribution in [0.1, 0.15) is 23.6 Å². The molecule has 5 heteroatoms. The molecule has 2 aromatic carbocycles. The monoisotopic (exact) mass is 346 g/mol. The lowest BCUT2D eigenvalue weighted by Gasteiger charge is -2.21. The van der Waals surface area contributed by atoms with Gasteiger partial charge >= 0.3 is 0 Å². The van der Waals surface area contributed by atoms with Gasteiger partial charge in [0.15, 0.2) is 11.5 Å². The van der Waals surface area contributed by atoms with Gasteiger partial charge in [0.05, 0.1) is 35.0 Å². The molecule has 0 fully saturated rings. The van der Waals surface area contributed by atoms with Crippen molar-refractivity contribution in [1.82, 2.24) is 0 Å². The van der Waals surface area contributed by atoms with Crippen molar-refractivity contribution in [2.45, 2.75) is 20.3 Å². The zero-order chi connectivity index (χ0) is 18.4. The summed E-state index contributed by atoms with van der Waals surface area (Å²) in [5.41, 5.74) is 3.10. The van der Waals surface area contributed by atoms with Crippen molar-refractivity contribution in [1.29, 1.82) is 0 Å². The van der Waals surface area contributed by atoms with Gasteiger partial charge in [-0.25, -0.2) is 0 Å². The number of ether oxygens (including phenoxy) is 5. The van der Waals surface area contributed by atoms with E-state index in [9.17, 15) is 0 Å². The van der Waals surface area contributed by atoms with Gasteiger partial charge in [-0.15, -0.1) is 0 Å². The van der Waals surface area contributed by atoms with E-state index in [1.54, 1.807) is 28.4 Å². The Bertz CT molecular complexity index is 707. The average Bonchev–Trinajstić information content (AvgIpc) is 2.64. The first kappa shape index (κ1) is 18.8. The summed E-state index contributed by atoms with van der Waals surface area (Å²) in [7, 11) is 6.43. The molecule has 136 valence electrons. The van der Waals surface area contributed by atoms with Gasteiger partial charge in [0.2, 0.25) is 11.5 Å². The molecule has 0 atom stereocenters. The summed E-state index contributed by atoms with van der Waals surface area (Å²) in [6.45, 7) is 4.62. The number of benzene rings is 2. The third-order valence-corrected chi connectivity index (χ3v) is 4.12. The highest BCUT2D eigenvalue weighted by atomic mass is 16.5. The Labute approximate surface area is 149 Å². The average molecular weight is 346 g/mol. The second kappa shape index (κ2) is 8.51. The van der Waals surface area contributed by atoms with E-state index in [4.69, 9.17) is 23.7 Å². The molecule has 0 bridgehead atoms. The maximum absolute atomic E-state index is 5.64. The molecule has 5 nitrogen and oxygen atoms in total. The van der Waals surface area contributed by atoms with E-state index in [0.717, 1.165) is 22.4 Å². The van der Waals surface area contributed by atoms with Gasteiger partial charge in [-0.2, -0.15) is 0 Å². The summed E-state index contributed by atoms with van der Waals surface area (Å²) in [6, 6.07) is 8.04. The standard InChI is InChI=1S/C20H26O5/c1-7-25-15-10-8-14(9-11-15)12-16-13(2)17(21-3)19(23-5)20(24-6)18(16)22-4/h8-11H,7,12H2,1-6H3. The van der Waals surface area contributed by atoms with Crippen LogP contribution in [0.15, 0.2) is 24.3 Å². The van der Waals surface area contributed by atoms with Crippen LogP contribution < -0.4 is 23.7 Å². The van der Waals surface area contributed by atoms with E-state index in [-0.39, 0.29) is 0 Å². The molecular formula is C20H26O5. The number of methoxy groups -OCH3 is 4. The first-order chi connectivity index (χ1) is 12.1. The van der Waals surface area contributed by atoms with Crippen LogP contribution >= 0.6 is 0 Å². The van der Waals surface area contributed by atoms with Crippen molar-refractivity contribution >= 4 is 0 Å². The van der Waals surface area contributed by atoms with Crippen molar-refractivity contribution in [3.63, 3.8) is 0 Å². The highest BCUT2D eigenvalue weighted by Gasteiger charge is 2.25. The van der Waals surface area contributed by atoms with Crippen LogP contribution in [0.5, 0.6) is 28.7 Å². The Morgan fingerprint density at radius 2 is 1.24 bits per heavy atom. The summed E-state index contributed by atoms with van der Waals surface area (Å²) in [5.74, 6) is 3.25. The molecular weight excluding hydrogens is 320 g/mol. The number of rotatable bonds is 8. The van der Waals surface area contributed by atoms with Crippen molar-refractivity contribution in [3.8, 4) is 28.7 Å². The molecule has 25 heavy (non-hydrogen) atoms.